The molecule has 5 N–H and O–H groups in total. The lowest BCUT2D eigenvalue weighted by Gasteiger charge is -2.21. The van der Waals surface area contributed by atoms with Crippen molar-refractivity contribution in [3.63, 3.8) is 0 Å². The van der Waals surface area contributed by atoms with Gasteiger partial charge in [-0.15, -0.1) is 0 Å². The third-order valence-corrected chi connectivity index (χ3v) is 2.51. The number of amides is 3. The van der Waals surface area contributed by atoms with Gasteiger partial charge in [-0.25, -0.2) is 4.79 Å². The zero-order valence-corrected chi connectivity index (χ0v) is 10.7. The number of carboxylic acid groups (broad SMARTS) is 1. The molecular weight excluding hydrogens is 254 g/mol. The zero-order chi connectivity index (χ0) is 14.5. The second-order valence-corrected chi connectivity index (χ2v) is 4.95. The molecule has 1 aliphatic rings. The lowest BCUT2D eigenvalue weighted by Crippen LogP contribution is -2.48. The maximum Gasteiger partial charge on any atom is 0.315 e. The smallest absolute Gasteiger partial charge is 0.315 e. The van der Waals surface area contributed by atoms with Crippen LogP contribution in [0.2, 0.25) is 0 Å². The highest BCUT2D eigenvalue weighted by molar-refractivity contribution is 5.84. The first-order chi connectivity index (χ1) is 8.78. The molecule has 1 atom stereocenters. The molecule has 108 valence electrons. The molecule has 0 heterocycles. The molecule has 1 saturated carbocycles. The Hall–Kier alpha value is -1.83. The third kappa shape index (κ3) is 7.24. The van der Waals surface area contributed by atoms with Crippen molar-refractivity contribution in [1.82, 2.24) is 16.0 Å². The lowest BCUT2D eigenvalue weighted by atomic mass is 10.0. The molecule has 3 amide bonds. The monoisotopic (exact) mass is 273 g/mol. The van der Waals surface area contributed by atoms with Crippen molar-refractivity contribution in [1.29, 1.82) is 0 Å². The van der Waals surface area contributed by atoms with E-state index in [1.54, 1.807) is 0 Å². The van der Waals surface area contributed by atoms with Gasteiger partial charge in [-0.2, -0.15) is 0 Å². The Balaban J connectivity index is 2.15. The van der Waals surface area contributed by atoms with Crippen molar-refractivity contribution in [3.05, 3.63) is 0 Å². The summed E-state index contributed by atoms with van der Waals surface area (Å²) in [5, 5.41) is 25.5. The van der Waals surface area contributed by atoms with E-state index in [0.717, 1.165) is 12.8 Å². The Labute approximate surface area is 110 Å². The molecule has 0 aromatic rings. The summed E-state index contributed by atoms with van der Waals surface area (Å²) in [5.74, 6) is -1.43. The molecule has 1 aliphatic carbocycles. The maximum atomic E-state index is 11.3. The van der Waals surface area contributed by atoms with E-state index in [4.69, 9.17) is 5.11 Å². The average molecular weight is 273 g/mol. The Kier molecular flexibility index (Phi) is 5.11. The number of aliphatic hydroxyl groups is 1. The number of carbonyl (C=O) groups excluding carboxylic acids is 2. The summed E-state index contributed by atoms with van der Waals surface area (Å²) in [5.41, 5.74) is -1.53. The van der Waals surface area contributed by atoms with Gasteiger partial charge in [0.2, 0.25) is 5.91 Å². The van der Waals surface area contributed by atoms with E-state index in [0.29, 0.717) is 0 Å². The molecule has 0 spiro atoms. The SMILES string of the molecule is CC(O)(CNC(=O)NCC(=O)NC1CC1)CC(=O)O. The highest BCUT2D eigenvalue weighted by Gasteiger charge is 2.25. The first kappa shape index (κ1) is 15.2. The van der Waals surface area contributed by atoms with Crippen LogP contribution in [0.25, 0.3) is 0 Å². The van der Waals surface area contributed by atoms with E-state index < -0.39 is 24.0 Å². The number of rotatable bonds is 7. The molecule has 0 bridgehead atoms. The highest BCUT2D eigenvalue weighted by Crippen LogP contribution is 2.18. The summed E-state index contributed by atoms with van der Waals surface area (Å²) in [6, 6.07) is -0.398. The Morgan fingerprint density at radius 3 is 2.42 bits per heavy atom. The summed E-state index contributed by atoms with van der Waals surface area (Å²) < 4.78 is 0. The average Bonchev–Trinajstić information content (AvgIpc) is 3.06. The van der Waals surface area contributed by atoms with Crippen LogP contribution in [0.1, 0.15) is 26.2 Å². The van der Waals surface area contributed by atoms with E-state index >= 15 is 0 Å². The van der Waals surface area contributed by atoms with Gasteiger partial charge in [0.1, 0.15) is 0 Å². The zero-order valence-electron chi connectivity index (χ0n) is 10.7. The minimum Gasteiger partial charge on any atom is -0.481 e. The van der Waals surface area contributed by atoms with Crippen molar-refractivity contribution in [2.24, 2.45) is 0 Å². The fourth-order valence-electron chi connectivity index (χ4n) is 1.39. The fraction of sp³-hybridized carbons (Fsp3) is 0.727. The predicted octanol–water partition coefficient (Wildman–Crippen LogP) is -1.21. The third-order valence-electron chi connectivity index (χ3n) is 2.51. The molecule has 0 aromatic heterocycles. The quantitative estimate of drug-likeness (QED) is 0.397. The number of carbonyl (C=O) groups is 3. The second kappa shape index (κ2) is 6.37. The van der Waals surface area contributed by atoms with Crippen LogP contribution in [0, 0.1) is 0 Å². The van der Waals surface area contributed by atoms with Gasteiger partial charge in [-0.1, -0.05) is 0 Å². The summed E-state index contributed by atoms with van der Waals surface area (Å²) in [6.07, 6.45) is 1.46. The highest BCUT2D eigenvalue weighted by atomic mass is 16.4. The second-order valence-electron chi connectivity index (χ2n) is 4.95. The normalized spacial score (nSPS) is 17.2. The molecule has 0 aromatic carbocycles. The molecule has 1 rings (SSSR count). The van der Waals surface area contributed by atoms with Crippen LogP contribution in [0.5, 0.6) is 0 Å². The molecule has 1 unspecified atom stereocenters. The number of aliphatic carboxylic acids is 1. The van der Waals surface area contributed by atoms with Gasteiger partial charge in [0.05, 0.1) is 18.6 Å². The Bertz CT molecular complexity index is 365. The summed E-state index contributed by atoms with van der Waals surface area (Å²) >= 11 is 0. The van der Waals surface area contributed by atoms with Crippen LogP contribution in [-0.2, 0) is 9.59 Å². The van der Waals surface area contributed by atoms with Crippen LogP contribution < -0.4 is 16.0 Å². The molecule has 0 radical (unpaired) electrons. The van der Waals surface area contributed by atoms with Crippen LogP contribution in [0.4, 0.5) is 4.79 Å². The number of urea groups is 1. The first-order valence-corrected chi connectivity index (χ1v) is 6.04. The molecule has 1 fully saturated rings. The minimum atomic E-state index is -1.53. The van der Waals surface area contributed by atoms with Crippen molar-refractivity contribution in [2.45, 2.75) is 37.8 Å². The maximum absolute atomic E-state index is 11.3. The molecular formula is C11H19N3O5. The molecule has 8 heteroatoms. The largest absolute Gasteiger partial charge is 0.481 e. The van der Waals surface area contributed by atoms with Gasteiger partial charge >= 0.3 is 12.0 Å². The van der Waals surface area contributed by atoms with Gasteiger partial charge in [0.25, 0.3) is 0 Å². The van der Waals surface area contributed by atoms with Crippen molar-refractivity contribution < 1.29 is 24.6 Å². The fourth-order valence-corrected chi connectivity index (χ4v) is 1.39. The van der Waals surface area contributed by atoms with Crippen LogP contribution in [0.3, 0.4) is 0 Å². The van der Waals surface area contributed by atoms with Crippen molar-refractivity contribution in [3.8, 4) is 0 Å². The van der Waals surface area contributed by atoms with Gasteiger partial charge < -0.3 is 26.2 Å². The predicted molar refractivity (Wildman–Crippen MR) is 65.4 cm³/mol. The van der Waals surface area contributed by atoms with Gasteiger partial charge in [-0.3, -0.25) is 9.59 Å². The van der Waals surface area contributed by atoms with E-state index in [9.17, 15) is 19.5 Å². The van der Waals surface area contributed by atoms with Gasteiger partial charge in [-0.05, 0) is 19.8 Å². The van der Waals surface area contributed by atoms with Crippen LogP contribution in [0.15, 0.2) is 0 Å². The molecule has 0 saturated heterocycles. The van der Waals surface area contributed by atoms with Crippen LogP contribution >= 0.6 is 0 Å². The summed E-state index contributed by atoms with van der Waals surface area (Å²) in [6.45, 7) is 0.944. The lowest BCUT2D eigenvalue weighted by molar-refractivity contribution is -0.141. The Morgan fingerprint density at radius 2 is 1.89 bits per heavy atom. The van der Waals surface area contributed by atoms with Crippen LogP contribution in [-0.4, -0.2) is 52.9 Å². The number of hydrogen-bond donors (Lipinski definition) is 5. The summed E-state index contributed by atoms with van der Waals surface area (Å²) in [4.78, 5) is 33.0. The van der Waals surface area contributed by atoms with E-state index in [-0.39, 0.29) is 25.0 Å². The van der Waals surface area contributed by atoms with E-state index in [1.165, 1.54) is 6.92 Å². The number of carboxylic acids is 1. The first-order valence-electron chi connectivity index (χ1n) is 6.04. The Morgan fingerprint density at radius 1 is 1.26 bits per heavy atom. The molecule has 19 heavy (non-hydrogen) atoms. The summed E-state index contributed by atoms with van der Waals surface area (Å²) in [7, 11) is 0. The van der Waals surface area contributed by atoms with Crippen molar-refractivity contribution in [2.75, 3.05) is 13.1 Å². The van der Waals surface area contributed by atoms with Gasteiger partial charge in [0.15, 0.2) is 0 Å². The number of hydrogen-bond acceptors (Lipinski definition) is 4. The molecule has 8 nitrogen and oxygen atoms in total. The molecule has 0 aliphatic heterocycles. The van der Waals surface area contributed by atoms with E-state index in [1.807, 2.05) is 0 Å². The topological polar surface area (TPSA) is 128 Å². The standard InChI is InChI=1S/C11H19N3O5/c1-11(19,4-9(16)17)6-13-10(18)12-5-8(15)14-7-2-3-7/h7,19H,2-6H2,1H3,(H,14,15)(H,16,17)(H2,12,13,18). The van der Waals surface area contributed by atoms with E-state index in [2.05, 4.69) is 16.0 Å². The minimum absolute atomic E-state index is 0.149. The van der Waals surface area contributed by atoms with Crippen molar-refractivity contribution >= 4 is 17.9 Å². The number of nitrogens with one attached hydrogen (secondary N) is 3. The van der Waals surface area contributed by atoms with Gasteiger partial charge in [0, 0.05) is 12.6 Å².